The summed E-state index contributed by atoms with van der Waals surface area (Å²) < 4.78 is 0. The first-order chi connectivity index (χ1) is 14.0. The molecular formula is C28H27N. The summed E-state index contributed by atoms with van der Waals surface area (Å²) in [6, 6.07) is 36.6. The van der Waals surface area contributed by atoms with Gasteiger partial charge in [-0.1, -0.05) is 93.6 Å². The predicted octanol–water partition coefficient (Wildman–Crippen LogP) is 8.06. The molecule has 1 N–H and O–H groups in total. The van der Waals surface area contributed by atoms with E-state index < -0.39 is 0 Å². The minimum atomic E-state index is 0.173. The molecule has 1 nitrogen and oxygen atoms in total. The van der Waals surface area contributed by atoms with Gasteiger partial charge >= 0.3 is 0 Å². The van der Waals surface area contributed by atoms with Gasteiger partial charge in [0.15, 0.2) is 0 Å². The van der Waals surface area contributed by atoms with Crippen LogP contribution in [0.25, 0.3) is 22.3 Å². The number of benzene rings is 4. The summed E-state index contributed by atoms with van der Waals surface area (Å²) in [5.74, 6) is 0. The Labute approximate surface area is 174 Å². The molecular weight excluding hydrogens is 350 g/mol. The van der Waals surface area contributed by atoms with Crippen molar-refractivity contribution in [1.29, 1.82) is 0 Å². The smallest absolute Gasteiger partial charge is 0.0390 e. The molecule has 0 heterocycles. The molecule has 0 unspecified atom stereocenters. The predicted molar refractivity (Wildman–Crippen MR) is 126 cm³/mol. The highest BCUT2D eigenvalue weighted by atomic mass is 14.9. The molecule has 0 radical (unpaired) electrons. The molecule has 1 heteroatoms. The van der Waals surface area contributed by atoms with Crippen LogP contribution in [-0.4, -0.2) is 0 Å². The zero-order chi connectivity index (χ0) is 20.3. The molecule has 0 aliphatic rings. The highest BCUT2D eigenvalue weighted by Crippen LogP contribution is 2.30. The average molecular weight is 378 g/mol. The Hall–Kier alpha value is -3.32. The largest absolute Gasteiger partial charge is 0.356 e. The van der Waals surface area contributed by atoms with Gasteiger partial charge in [-0.2, -0.15) is 0 Å². The summed E-state index contributed by atoms with van der Waals surface area (Å²) in [5, 5.41) is 3.48. The molecule has 0 amide bonds. The summed E-state index contributed by atoms with van der Waals surface area (Å²) in [5.41, 5.74) is 8.64. The molecule has 29 heavy (non-hydrogen) atoms. The summed E-state index contributed by atoms with van der Waals surface area (Å²) in [6.07, 6.45) is 0. The Kier molecular flexibility index (Phi) is 5.22. The molecule has 4 aromatic carbocycles. The van der Waals surface area contributed by atoms with Gasteiger partial charge in [0.25, 0.3) is 0 Å². The van der Waals surface area contributed by atoms with Crippen LogP contribution in [-0.2, 0) is 5.41 Å². The highest BCUT2D eigenvalue weighted by Gasteiger charge is 2.13. The van der Waals surface area contributed by atoms with E-state index in [0.29, 0.717) is 0 Å². The second-order valence-electron chi connectivity index (χ2n) is 8.48. The maximum atomic E-state index is 3.48. The van der Waals surface area contributed by atoms with Crippen molar-refractivity contribution in [3.05, 3.63) is 109 Å². The Morgan fingerprint density at radius 1 is 0.483 bits per heavy atom. The number of rotatable bonds is 4. The van der Waals surface area contributed by atoms with E-state index in [1.165, 1.54) is 27.8 Å². The Morgan fingerprint density at radius 2 is 1.03 bits per heavy atom. The van der Waals surface area contributed by atoms with Crippen LogP contribution < -0.4 is 5.32 Å². The van der Waals surface area contributed by atoms with E-state index in [0.717, 1.165) is 11.4 Å². The van der Waals surface area contributed by atoms with Gasteiger partial charge in [-0.15, -0.1) is 0 Å². The quantitative estimate of drug-likeness (QED) is 0.379. The van der Waals surface area contributed by atoms with Crippen LogP contribution in [0, 0.1) is 0 Å². The van der Waals surface area contributed by atoms with Crippen molar-refractivity contribution in [1.82, 2.24) is 0 Å². The first-order valence-corrected chi connectivity index (χ1v) is 10.1. The van der Waals surface area contributed by atoms with E-state index in [2.05, 4.69) is 111 Å². The molecule has 0 aliphatic carbocycles. The standard InChI is InChI=1S/C28H27N/c1-28(2,3)25-17-15-21(16-18-25)22-9-7-10-23(19-22)24-11-8-14-27(20-24)29-26-12-5-4-6-13-26/h4-20,29H,1-3H3. The van der Waals surface area contributed by atoms with E-state index >= 15 is 0 Å². The van der Waals surface area contributed by atoms with Crippen molar-refractivity contribution in [2.45, 2.75) is 26.2 Å². The molecule has 4 aromatic rings. The molecule has 0 fully saturated rings. The SMILES string of the molecule is CC(C)(C)c1ccc(-c2cccc(-c3cccc(Nc4ccccc4)c3)c2)cc1. The first kappa shape index (κ1) is 19.0. The van der Waals surface area contributed by atoms with Gasteiger partial charge in [-0.3, -0.25) is 0 Å². The Balaban J connectivity index is 1.61. The van der Waals surface area contributed by atoms with E-state index in [-0.39, 0.29) is 5.41 Å². The number of nitrogens with one attached hydrogen (secondary N) is 1. The molecule has 0 atom stereocenters. The normalized spacial score (nSPS) is 11.3. The third kappa shape index (κ3) is 4.57. The minimum absolute atomic E-state index is 0.173. The van der Waals surface area contributed by atoms with Gasteiger partial charge in [0.05, 0.1) is 0 Å². The number of hydrogen-bond donors (Lipinski definition) is 1. The van der Waals surface area contributed by atoms with Crippen LogP contribution in [0.5, 0.6) is 0 Å². The molecule has 0 spiro atoms. The third-order valence-electron chi connectivity index (χ3n) is 5.21. The monoisotopic (exact) mass is 377 g/mol. The van der Waals surface area contributed by atoms with Crippen LogP contribution in [0.1, 0.15) is 26.3 Å². The first-order valence-electron chi connectivity index (χ1n) is 10.1. The van der Waals surface area contributed by atoms with Gasteiger partial charge in [-0.05, 0) is 63.6 Å². The molecule has 0 aromatic heterocycles. The lowest BCUT2D eigenvalue weighted by Crippen LogP contribution is -2.10. The van der Waals surface area contributed by atoms with Crippen molar-refractivity contribution in [2.24, 2.45) is 0 Å². The van der Waals surface area contributed by atoms with Crippen molar-refractivity contribution < 1.29 is 0 Å². The lowest BCUT2D eigenvalue weighted by Gasteiger charge is -2.19. The summed E-state index contributed by atoms with van der Waals surface area (Å²) in [7, 11) is 0. The van der Waals surface area contributed by atoms with Crippen molar-refractivity contribution in [2.75, 3.05) is 5.32 Å². The van der Waals surface area contributed by atoms with Crippen LogP contribution >= 0.6 is 0 Å². The lowest BCUT2D eigenvalue weighted by molar-refractivity contribution is 0.590. The zero-order valence-electron chi connectivity index (χ0n) is 17.3. The summed E-state index contributed by atoms with van der Waals surface area (Å²) >= 11 is 0. The fourth-order valence-electron chi connectivity index (χ4n) is 3.51. The minimum Gasteiger partial charge on any atom is -0.356 e. The maximum Gasteiger partial charge on any atom is 0.0390 e. The second-order valence-corrected chi connectivity index (χ2v) is 8.48. The fourth-order valence-corrected chi connectivity index (χ4v) is 3.51. The van der Waals surface area contributed by atoms with Crippen molar-refractivity contribution in [3.8, 4) is 22.3 Å². The summed E-state index contributed by atoms with van der Waals surface area (Å²) in [4.78, 5) is 0. The molecule has 0 saturated carbocycles. The summed E-state index contributed by atoms with van der Waals surface area (Å²) in [6.45, 7) is 6.75. The number of para-hydroxylation sites is 1. The van der Waals surface area contributed by atoms with Gasteiger partial charge in [0, 0.05) is 11.4 Å². The van der Waals surface area contributed by atoms with Crippen LogP contribution in [0.15, 0.2) is 103 Å². The Bertz CT molecular complexity index is 1090. The maximum absolute atomic E-state index is 3.48. The molecule has 144 valence electrons. The van der Waals surface area contributed by atoms with Crippen LogP contribution in [0.3, 0.4) is 0 Å². The van der Waals surface area contributed by atoms with Gasteiger partial charge in [0.1, 0.15) is 0 Å². The molecule has 4 rings (SSSR count). The van der Waals surface area contributed by atoms with E-state index in [4.69, 9.17) is 0 Å². The second kappa shape index (κ2) is 7.97. The number of anilines is 2. The third-order valence-corrected chi connectivity index (χ3v) is 5.21. The molecule has 0 saturated heterocycles. The van der Waals surface area contributed by atoms with Crippen molar-refractivity contribution in [3.63, 3.8) is 0 Å². The van der Waals surface area contributed by atoms with Gasteiger partial charge < -0.3 is 5.32 Å². The van der Waals surface area contributed by atoms with Crippen LogP contribution in [0.4, 0.5) is 11.4 Å². The van der Waals surface area contributed by atoms with E-state index in [9.17, 15) is 0 Å². The topological polar surface area (TPSA) is 12.0 Å². The zero-order valence-corrected chi connectivity index (χ0v) is 17.3. The Morgan fingerprint density at radius 3 is 1.69 bits per heavy atom. The van der Waals surface area contributed by atoms with Gasteiger partial charge in [-0.25, -0.2) is 0 Å². The molecule has 0 bridgehead atoms. The van der Waals surface area contributed by atoms with Crippen LogP contribution in [0.2, 0.25) is 0 Å². The number of hydrogen-bond acceptors (Lipinski definition) is 1. The average Bonchev–Trinajstić information content (AvgIpc) is 2.74. The van der Waals surface area contributed by atoms with E-state index in [1.54, 1.807) is 0 Å². The molecule has 0 aliphatic heterocycles. The fraction of sp³-hybridized carbons (Fsp3) is 0.143. The van der Waals surface area contributed by atoms with E-state index in [1.807, 2.05) is 18.2 Å². The highest BCUT2D eigenvalue weighted by molar-refractivity contribution is 5.76. The van der Waals surface area contributed by atoms with Crippen molar-refractivity contribution >= 4 is 11.4 Å². The lowest BCUT2D eigenvalue weighted by atomic mass is 9.86. The van der Waals surface area contributed by atoms with Gasteiger partial charge in [0.2, 0.25) is 0 Å².